The van der Waals surface area contributed by atoms with Crippen molar-refractivity contribution in [1.82, 2.24) is 19.3 Å². The van der Waals surface area contributed by atoms with E-state index in [4.69, 9.17) is 5.73 Å². The van der Waals surface area contributed by atoms with Crippen LogP contribution >= 0.6 is 0 Å². The van der Waals surface area contributed by atoms with E-state index in [9.17, 15) is 8.42 Å². The Hall–Kier alpha value is -1.93. The molecular weight excluding hydrogens is 266 g/mol. The quantitative estimate of drug-likeness (QED) is 0.798. The van der Waals surface area contributed by atoms with Gasteiger partial charge in [-0.3, -0.25) is 0 Å². The van der Waals surface area contributed by atoms with Crippen molar-refractivity contribution in [2.75, 3.05) is 12.3 Å². The molecule has 19 heavy (non-hydrogen) atoms. The Morgan fingerprint density at radius 2 is 2.16 bits per heavy atom. The molecule has 2 heterocycles. The van der Waals surface area contributed by atoms with Crippen molar-refractivity contribution in [2.45, 2.75) is 11.3 Å². The Morgan fingerprint density at radius 3 is 2.79 bits per heavy atom. The molecule has 0 aliphatic carbocycles. The highest BCUT2D eigenvalue weighted by Gasteiger charge is 2.17. The van der Waals surface area contributed by atoms with Crippen LogP contribution in [0.1, 0.15) is 5.82 Å². The van der Waals surface area contributed by atoms with Gasteiger partial charge in [0.2, 0.25) is 10.0 Å². The molecule has 8 heteroatoms. The van der Waals surface area contributed by atoms with Gasteiger partial charge in [0.05, 0.1) is 0 Å². The van der Waals surface area contributed by atoms with Gasteiger partial charge in [-0.1, -0.05) is 0 Å². The Bertz CT molecular complexity index is 665. The zero-order valence-corrected chi connectivity index (χ0v) is 11.3. The van der Waals surface area contributed by atoms with Crippen LogP contribution in [-0.2, 0) is 23.5 Å². The number of nitrogens with zero attached hydrogens (tertiary/aromatic N) is 3. The van der Waals surface area contributed by atoms with Gasteiger partial charge in [-0.2, -0.15) is 0 Å². The second kappa shape index (κ2) is 5.37. The average molecular weight is 281 g/mol. The first kappa shape index (κ1) is 13.5. The third-order valence-electron chi connectivity index (χ3n) is 2.65. The normalized spacial score (nSPS) is 11.6. The number of nitrogens with two attached hydrogens (primary N) is 1. The maximum absolute atomic E-state index is 12.0. The predicted molar refractivity (Wildman–Crippen MR) is 70.7 cm³/mol. The van der Waals surface area contributed by atoms with E-state index >= 15 is 0 Å². The number of imidazole rings is 1. The van der Waals surface area contributed by atoms with Crippen molar-refractivity contribution >= 4 is 15.8 Å². The van der Waals surface area contributed by atoms with E-state index in [-0.39, 0.29) is 17.3 Å². The van der Waals surface area contributed by atoms with Crippen LogP contribution in [0.5, 0.6) is 0 Å². The highest BCUT2D eigenvalue weighted by molar-refractivity contribution is 7.89. The van der Waals surface area contributed by atoms with Gasteiger partial charge in [-0.25, -0.2) is 23.1 Å². The lowest BCUT2D eigenvalue weighted by Crippen LogP contribution is -2.27. The van der Waals surface area contributed by atoms with Gasteiger partial charge in [-0.15, -0.1) is 0 Å². The number of nitrogens with one attached hydrogen (secondary N) is 1. The van der Waals surface area contributed by atoms with Crippen molar-refractivity contribution in [1.29, 1.82) is 0 Å². The molecule has 0 bridgehead atoms. The molecule has 0 saturated heterocycles. The van der Waals surface area contributed by atoms with Crippen LogP contribution in [0.4, 0.5) is 5.82 Å². The van der Waals surface area contributed by atoms with Crippen molar-refractivity contribution < 1.29 is 8.42 Å². The molecule has 0 aliphatic heterocycles. The molecule has 0 atom stereocenters. The van der Waals surface area contributed by atoms with Crippen LogP contribution < -0.4 is 10.5 Å². The van der Waals surface area contributed by atoms with Crippen molar-refractivity contribution in [3.8, 4) is 0 Å². The number of hydrogen-bond acceptors (Lipinski definition) is 5. The second-order valence-electron chi connectivity index (χ2n) is 3.99. The summed E-state index contributed by atoms with van der Waals surface area (Å²) in [6.45, 7) is 0.252. The molecule has 0 saturated carbocycles. The molecule has 7 nitrogen and oxygen atoms in total. The van der Waals surface area contributed by atoms with Crippen LogP contribution in [0.25, 0.3) is 0 Å². The number of nitrogen functional groups attached to an aromatic ring is 1. The summed E-state index contributed by atoms with van der Waals surface area (Å²) < 4.78 is 28.3. The zero-order valence-electron chi connectivity index (χ0n) is 10.4. The van der Waals surface area contributed by atoms with Crippen LogP contribution in [0, 0.1) is 0 Å². The van der Waals surface area contributed by atoms with Crippen LogP contribution in [0.15, 0.2) is 35.6 Å². The maximum atomic E-state index is 12.0. The summed E-state index contributed by atoms with van der Waals surface area (Å²) in [6.07, 6.45) is 5.43. The molecule has 0 unspecified atom stereocenters. The Kier molecular flexibility index (Phi) is 3.82. The SMILES string of the molecule is Cn1ccnc1CCNS(=O)(=O)c1cccnc1N. The number of aromatic nitrogens is 3. The van der Waals surface area contributed by atoms with Gasteiger partial charge in [0, 0.05) is 38.6 Å². The predicted octanol–water partition coefficient (Wildman–Crippen LogP) is -0.0817. The van der Waals surface area contributed by atoms with E-state index in [0.29, 0.717) is 6.42 Å². The number of sulfonamides is 1. The summed E-state index contributed by atoms with van der Waals surface area (Å²) in [6, 6.07) is 2.95. The summed E-state index contributed by atoms with van der Waals surface area (Å²) in [5.41, 5.74) is 5.55. The lowest BCUT2D eigenvalue weighted by Gasteiger charge is -2.08. The Labute approximate surface area is 111 Å². The third-order valence-corrected chi connectivity index (χ3v) is 4.16. The minimum absolute atomic E-state index is 0.00478. The molecule has 2 aromatic heterocycles. The molecule has 2 aromatic rings. The molecule has 0 aliphatic rings. The summed E-state index contributed by atoms with van der Waals surface area (Å²) in [5, 5.41) is 0. The van der Waals surface area contributed by atoms with Gasteiger partial charge < -0.3 is 10.3 Å². The highest BCUT2D eigenvalue weighted by atomic mass is 32.2. The number of hydrogen-bond donors (Lipinski definition) is 2. The fourth-order valence-electron chi connectivity index (χ4n) is 1.64. The van der Waals surface area contributed by atoms with E-state index < -0.39 is 10.0 Å². The van der Waals surface area contributed by atoms with Gasteiger partial charge in [-0.05, 0) is 12.1 Å². The Balaban J connectivity index is 2.03. The molecule has 3 N–H and O–H groups in total. The molecule has 0 fully saturated rings. The number of aryl methyl sites for hydroxylation is 1. The number of rotatable bonds is 5. The molecule has 0 spiro atoms. The summed E-state index contributed by atoms with van der Waals surface area (Å²) in [4.78, 5) is 7.87. The maximum Gasteiger partial charge on any atom is 0.244 e. The van der Waals surface area contributed by atoms with Crippen molar-refractivity contribution in [2.24, 2.45) is 7.05 Å². The Morgan fingerprint density at radius 1 is 1.37 bits per heavy atom. The standard InChI is InChI=1S/C11H15N5O2S/c1-16-8-7-13-10(16)4-6-15-19(17,18)9-3-2-5-14-11(9)12/h2-3,5,7-8,15H,4,6H2,1H3,(H2,12,14). The largest absolute Gasteiger partial charge is 0.383 e. The van der Waals surface area contributed by atoms with Crippen LogP contribution in [0.2, 0.25) is 0 Å². The van der Waals surface area contributed by atoms with Gasteiger partial charge in [0.1, 0.15) is 16.5 Å². The first-order valence-electron chi connectivity index (χ1n) is 5.67. The van der Waals surface area contributed by atoms with Crippen LogP contribution in [0.3, 0.4) is 0 Å². The average Bonchev–Trinajstić information content (AvgIpc) is 2.75. The molecule has 0 aromatic carbocycles. The molecular formula is C11H15N5O2S. The topological polar surface area (TPSA) is 103 Å². The zero-order chi connectivity index (χ0) is 13.9. The smallest absolute Gasteiger partial charge is 0.244 e. The van der Waals surface area contributed by atoms with E-state index in [1.54, 1.807) is 6.20 Å². The van der Waals surface area contributed by atoms with Gasteiger partial charge in [0.25, 0.3) is 0 Å². The first-order valence-corrected chi connectivity index (χ1v) is 7.15. The van der Waals surface area contributed by atoms with E-state index in [0.717, 1.165) is 5.82 Å². The molecule has 102 valence electrons. The number of pyridine rings is 1. The van der Waals surface area contributed by atoms with Gasteiger partial charge >= 0.3 is 0 Å². The third kappa shape index (κ3) is 3.09. The summed E-state index contributed by atoms with van der Waals surface area (Å²) >= 11 is 0. The number of anilines is 1. The van der Waals surface area contributed by atoms with Crippen LogP contribution in [-0.4, -0.2) is 29.5 Å². The highest BCUT2D eigenvalue weighted by Crippen LogP contribution is 2.13. The van der Waals surface area contributed by atoms with Gasteiger partial charge in [0.15, 0.2) is 0 Å². The lowest BCUT2D eigenvalue weighted by atomic mass is 10.4. The lowest BCUT2D eigenvalue weighted by molar-refractivity contribution is 0.580. The second-order valence-corrected chi connectivity index (χ2v) is 5.72. The fraction of sp³-hybridized carbons (Fsp3) is 0.273. The van der Waals surface area contributed by atoms with E-state index in [1.165, 1.54) is 18.3 Å². The fourth-order valence-corrected chi connectivity index (χ4v) is 2.75. The van der Waals surface area contributed by atoms with E-state index in [2.05, 4.69) is 14.7 Å². The van der Waals surface area contributed by atoms with E-state index in [1.807, 2.05) is 17.8 Å². The molecule has 2 rings (SSSR count). The van der Waals surface area contributed by atoms with Crippen molar-refractivity contribution in [3.05, 3.63) is 36.5 Å². The molecule has 0 radical (unpaired) electrons. The summed E-state index contributed by atoms with van der Waals surface area (Å²) in [5.74, 6) is 0.800. The monoisotopic (exact) mass is 281 g/mol. The van der Waals surface area contributed by atoms with Crippen molar-refractivity contribution in [3.63, 3.8) is 0 Å². The summed E-state index contributed by atoms with van der Waals surface area (Å²) in [7, 11) is -1.77. The minimum atomic E-state index is -3.63. The minimum Gasteiger partial charge on any atom is -0.383 e. The molecule has 0 amide bonds. The first-order chi connectivity index (χ1) is 9.00.